The second kappa shape index (κ2) is 9.28. The monoisotopic (exact) mass is 374 g/mol. The van der Waals surface area contributed by atoms with Crippen LogP contribution in [0.4, 0.5) is 4.39 Å². The SMILES string of the molecule is COc1ccc(\C=C/C(=N/N=C/c2ccccc2O)c2ccc(F)cc2)cc1. The highest BCUT2D eigenvalue weighted by Crippen LogP contribution is 2.15. The molecule has 4 nitrogen and oxygen atoms in total. The van der Waals surface area contributed by atoms with Crippen molar-refractivity contribution in [2.24, 2.45) is 10.2 Å². The van der Waals surface area contributed by atoms with Crippen LogP contribution < -0.4 is 4.74 Å². The molecule has 140 valence electrons. The van der Waals surface area contributed by atoms with Gasteiger partial charge < -0.3 is 9.84 Å². The maximum absolute atomic E-state index is 13.3. The number of allylic oxidation sites excluding steroid dienone is 1. The summed E-state index contributed by atoms with van der Waals surface area (Å²) in [6.07, 6.45) is 5.16. The number of para-hydroxylation sites is 1. The molecule has 1 N–H and O–H groups in total. The van der Waals surface area contributed by atoms with Gasteiger partial charge in [0.25, 0.3) is 0 Å². The lowest BCUT2D eigenvalue weighted by Crippen LogP contribution is -1.96. The largest absolute Gasteiger partial charge is 0.507 e. The molecular formula is C23H19FN2O2. The molecule has 3 rings (SSSR count). The van der Waals surface area contributed by atoms with Gasteiger partial charge in [-0.15, -0.1) is 0 Å². The Labute approximate surface area is 163 Å². The van der Waals surface area contributed by atoms with Crippen LogP contribution in [0.1, 0.15) is 16.7 Å². The van der Waals surface area contributed by atoms with Gasteiger partial charge in [-0.25, -0.2) is 4.39 Å². The molecule has 0 saturated heterocycles. The first kappa shape index (κ1) is 19.0. The van der Waals surface area contributed by atoms with Crippen molar-refractivity contribution in [3.05, 3.63) is 101 Å². The van der Waals surface area contributed by atoms with Crippen molar-refractivity contribution < 1.29 is 14.2 Å². The Balaban J connectivity index is 1.89. The Bertz CT molecular complexity index is 1010. The number of hydrogen-bond donors (Lipinski definition) is 1. The molecular weight excluding hydrogens is 355 g/mol. The van der Waals surface area contributed by atoms with Gasteiger partial charge in [0.1, 0.15) is 17.3 Å². The number of rotatable bonds is 6. The second-order valence-corrected chi connectivity index (χ2v) is 5.90. The fourth-order valence-electron chi connectivity index (χ4n) is 2.45. The minimum atomic E-state index is -0.319. The number of phenols is 1. The number of phenolic OH excluding ortho intramolecular Hbond substituents is 1. The second-order valence-electron chi connectivity index (χ2n) is 5.90. The molecule has 0 radical (unpaired) electrons. The van der Waals surface area contributed by atoms with Crippen LogP contribution in [0.3, 0.4) is 0 Å². The van der Waals surface area contributed by atoms with Crippen LogP contribution in [-0.2, 0) is 0 Å². The fourth-order valence-corrected chi connectivity index (χ4v) is 2.45. The van der Waals surface area contributed by atoms with Gasteiger partial charge in [-0.1, -0.05) is 30.3 Å². The van der Waals surface area contributed by atoms with Crippen molar-refractivity contribution in [3.8, 4) is 11.5 Å². The predicted molar refractivity (Wildman–Crippen MR) is 111 cm³/mol. The third-order valence-corrected chi connectivity index (χ3v) is 3.99. The highest BCUT2D eigenvalue weighted by atomic mass is 19.1. The maximum atomic E-state index is 13.3. The molecule has 0 unspecified atom stereocenters. The van der Waals surface area contributed by atoms with Crippen LogP contribution in [-0.4, -0.2) is 24.1 Å². The molecule has 0 aliphatic carbocycles. The Morgan fingerprint density at radius 1 is 0.964 bits per heavy atom. The zero-order valence-corrected chi connectivity index (χ0v) is 15.3. The zero-order chi connectivity index (χ0) is 19.8. The van der Waals surface area contributed by atoms with E-state index in [2.05, 4.69) is 10.2 Å². The van der Waals surface area contributed by atoms with E-state index in [1.165, 1.54) is 18.3 Å². The topological polar surface area (TPSA) is 54.2 Å². The lowest BCUT2D eigenvalue weighted by molar-refractivity contribution is 0.415. The molecule has 0 aliphatic heterocycles. The summed E-state index contributed by atoms with van der Waals surface area (Å²) in [5.74, 6) is 0.579. The van der Waals surface area contributed by atoms with Crippen molar-refractivity contribution in [3.63, 3.8) is 0 Å². The highest BCUT2D eigenvalue weighted by Gasteiger charge is 2.01. The lowest BCUT2D eigenvalue weighted by Gasteiger charge is -2.02. The molecule has 0 atom stereocenters. The lowest BCUT2D eigenvalue weighted by atomic mass is 10.1. The van der Waals surface area contributed by atoms with Gasteiger partial charge in [0.15, 0.2) is 0 Å². The van der Waals surface area contributed by atoms with Crippen molar-refractivity contribution in [2.45, 2.75) is 0 Å². The fraction of sp³-hybridized carbons (Fsp3) is 0.0435. The van der Waals surface area contributed by atoms with Gasteiger partial charge in [-0.05, 0) is 60.2 Å². The summed E-state index contributed by atoms with van der Waals surface area (Å²) >= 11 is 0. The summed E-state index contributed by atoms with van der Waals surface area (Å²) in [7, 11) is 1.62. The van der Waals surface area contributed by atoms with E-state index in [9.17, 15) is 9.50 Å². The van der Waals surface area contributed by atoms with Crippen LogP contribution in [0, 0.1) is 5.82 Å². The van der Waals surface area contributed by atoms with Crippen molar-refractivity contribution in [1.82, 2.24) is 0 Å². The number of benzene rings is 3. The van der Waals surface area contributed by atoms with E-state index >= 15 is 0 Å². The standard InChI is InChI=1S/C23H19FN2O2/c1-28-21-13-6-17(7-14-21)8-15-22(18-9-11-20(24)12-10-18)26-25-16-19-4-2-3-5-23(19)27/h2-16,27H,1H3/b15-8-,25-16+,26-22-. The van der Waals surface area contributed by atoms with E-state index in [4.69, 9.17) is 4.74 Å². The van der Waals surface area contributed by atoms with Crippen molar-refractivity contribution in [2.75, 3.05) is 7.11 Å². The Morgan fingerprint density at radius 2 is 1.68 bits per heavy atom. The maximum Gasteiger partial charge on any atom is 0.124 e. The van der Waals surface area contributed by atoms with Crippen molar-refractivity contribution >= 4 is 18.0 Å². The van der Waals surface area contributed by atoms with Crippen LogP contribution in [0.15, 0.2) is 89.1 Å². The number of ether oxygens (including phenoxy) is 1. The average molecular weight is 374 g/mol. The zero-order valence-electron chi connectivity index (χ0n) is 15.3. The molecule has 3 aromatic rings. The smallest absolute Gasteiger partial charge is 0.124 e. The normalized spacial score (nSPS) is 12.0. The summed E-state index contributed by atoms with van der Waals surface area (Å²) in [6.45, 7) is 0. The number of halogens is 1. The first-order chi connectivity index (χ1) is 13.7. The molecule has 0 aliphatic rings. The number of hydrogen-bond acceptors (Lipinski definition) is 4. The van der Waals surface area contributed by atoms with E-state index < -0.39 is 0 Å². The quantitative estimate of drug-likeness (QED) is 0.483. The first-order valence-corrected chi connectivity index (χ1v) is 8.63. The van der Waals surface area contributed by atoms with Gasteiger partial charge in [-0.3, -0.25) is 0 Å². The van der Waals surface area contributed by atoms with E-state index in [-0.39, 0.29) is 11.6 Å². The molecule has 0 spiro atoms. The van der Waals surface area contributed by atoms with Gasteiger partial charge in [0.2, 0.25) is 0 Å². The average Bonchev–Trinajstić information content (AvgIpc) is 2.73. The summed E-state index contributed by atoms with van der Waals surface area (Å²) in [5, 5.41) is 18.1. The van der Waals surface area contributed by atoms with Crippen LogP contribution in [0.5, 0.6) is 11.5 Å². The van der Waals surface area contributed by atoms with E-state index in [0.717, 1.165) is 16.9 Å². The minimum absolute atomic E-state index is 0.124. The van der Waals surface area contributed by atoms with Crippen LogP contribution >= 0.6 is 0 Å². The molecule has 0 amide bonds. The predicted octanol–water partition coefficient (Wildman–Crippen LogP) is 5.08. The van der Waals surface area contributed by atoms with Gasteiger partial charge >= 0.3 is 0 Å². The van der Waals surface area contributed by atoms with Crippen LogP contribution in [0.25, 0.3) is 6.08 Å². The van der Waals surface area contributed by atoms with Crippen molar-refractivity contribution in [1.29, 1.82) is 0 Å². The summed E-state index contributed by atoms with van der Waals surface area (Å²) < 4.78 is 18.4. The number of nitrogens with zero attached hydrogens (tertiary/aromatic N) is 2. The third kappa shape index (κ3) is 5.14. The molecule has 0 fully saturated rings. The minimum Gasteiger partial charge on any atom is -0.507 e. The van der Waals surface area contributed by atoms with Gasteiger partial charge in [-0.2, -0.15) is 10.2 Å². The number of aromatic hydroxyl groups is 1. The molecule has 28 heavy (non-hydrogen) atoms. The molecule has 0 saturated carbocycles. The summed E-state index contributed by atoms with van der Waals surface area (Å²) in [6, 6.07) is 20.4. The molecule has 3 aromatic carbocycles. The number of methoxy groups -OCH3 is 1. The van der Waals surface area contributed by atoms with E-state index in [0.29, 0.717) is 11.3 Å². The molecule has 0 heterocycles. The van der Waals surface area contributed by atoms with E-state index in [1.54, 1.807) is 49.6 Å². The first-order valence-electron chi connectivity index (χ1n) is 8.63. The van der Waals surface area contributed by atoms with Gasteiger partial charge in [0.05, 0.1) is 19.0 Å². The van der Waals surface area contributed by atoms with Gasteiger partial charge in [0, 0.05) is 11.1 Å². The van der Waals surface area contributed by atoms with Crippen LogP contribution in [0.2, 0.25) is 0 Å². The molecule has 0 bridgehead atoms. The van der Waals surface area contributed by atoms with E-state index in [1.807, 2.05) is 30.3 Å². The molecule has 5 heteroatoms. The Kier molecular flexibility index (Phi) is 6.31. The summed E-state index contributed by atoms with van der Waals surface area (Å²) in [4.78, 5) is 0. The highest BCUT2D eigenvalue weighted by molar-refractivity contribution is 6.10. The Morgan fingerprint density at radius 3 is 2.36 bits per heavy atom. The Hall–Kier alpha value is -3.73. The summed E-state index contributed by atoms with van der Waals surface area (Å²) in [5.41, 5.74) is 2.80. The third-order valence-electron chi connectivity index (χ3n) is 3.99. The molecule has 0 aromatic heterocycles.